The van der Waals surface area contributed by atoms with Crippen LogP contribution in [0.25, 0.3) is 11.0 Å². The second kappa shape index (κ2) is 5.60. The molecule has 3 rings (SSSR count). The number of carbonyl (C=O) groups excluding carboxylic acids is 1. The van der Waals surface area contributed by atoms with Gasteiger partial charge in [0.05, 0.1) is 11.5 Å². The molecule has 0 spiro atoms. The van der Waals surface area contributed by atoms with E-state index in [1.165, 1.54) is 6.26 Å². The van der Waals surface area contributed by atoms with Crippen LogP contribution in [0.5, 0.6) is 0 Å². The van der Waals surface area contributed by atoms with E-state index in [-0.39, 0.29) is 17.9 Å². The highest BCUT2D eigenvalue weighted by atomic mass is 16.4. The summed E-state index contributed by atoms with van der Waals surface area (Å²) in [6, 6.07) is 7.45. The predicted octanol–water partition coefficient (Wildman–Crippen LogP) is 2.81. The van der Waals surface area contributed by atoms with Gasteiger partial charge in [0.15, 0.2) is 0 Å². The number of benzene rings is 1. The summed E-state index contributed by atoms with van der Waals surface area (Å²) in [7, 11) is 0. The fourth-order valence-electron chi connectivity index (χ4n) is 2.90. The number of hydrogen-bond donors (Lipinski definition) is 2. The molecule has 1 aliphatic rings. The maximum atomic E-state index is 12.3. The summed E-state index contributed by atoms with van der Waals surface area (Å²) in [6.07, 6.45) is 4.12. The molecule has 1 saturated carbocycles. The van der Waals surface area contributed by atoms with Crippen molar-refractivity contribution < 1.29 is 19.1 Å². The van der Waals surface area contributed by atoms with Crippen molar-refractivity contribution in [3.63, 3.8) is 0 Å². The van der Waals surface area contributed by atoms with Crippen molar-refractivity contribution >= 4 is 22.8 Å². The highest BCUT2D eigenvalue weighted by Gasteiger charge is 2.27. The average molecular weight is 287 g/mol. The number of para-hydroxylation sites is 1. The zero-order chi connectivity index (χ0) is 14.8. The summed E-state index contributed by atoms with van der Waals surface area (Å²) in [5, 5.41) is 12.8. The molecule has 0 aliphatic heterocycles. The summed E-state index contributed by atoms with van der Waals surface area (Å²) >= 11 is 0. The molecule has 2 N–H and O–H groups in total. The summed E-state index contributed by atoms with van der Waals surface area (Å²) in [5.74, 6) is -1.16. The number of aliphatic carboxylic acids is 1. The van der Waals surface area contributed by atoms with Crippen molar-refractivity contribution in [2.45, 2.75) is 31.7 Å². The van der Waals surface area contributed by atoms with Gasteiger partial charge >= 0.3 is 5.97 Å². The zero-order valence-electron chi connectivity index (χ0n) is 11.5. The van der Waals surface area contributed by atoms with Crippen LogP contribution in [0.15, 0.2) is 34.9 Å². The van der Waals surface area contributed by atoms with E-state index in [9.17, 15) is 9.59 Å². The highest BCUT2D eigenvalue weighted by Crippen LogP contribution is 2.25. The van der Waals surface area contributed by atoms with E-state index in [0.717, 1.165) is 5.39 Å². The SMILES string of the molecule is O=C(NC1CCC(C(=O)O)CC1)c1coc2ccccc12. The molecule has 1 aliphatic carbocycles. The summed E-state index contributed by atoms with van der Waals surface area (Å²) in [6.45, 7) is 0. The van der Waals surface area contributed by atoms with Gasteiger partial charge in [-0.1, -0.05) is 18.2 Å². The number of rotatable bonds is 3. The molecule has 2 aromatic rings. The molecule has 0 bridgehead atoms. The molecule has 1 fully saturated rings. The summed E-state index contributed by atoms with van der Waals surface area (Å²) < 4.78 is 5.37. The minimum absolute atomic E-state index is 0.0433. The molecule has 0 saturated heterocycles. The number of carbonyl (C=O) groups is 2. The third-order valence-electron chi connectivity index (χ3n) is 4.14. The van der Waals surface area contributed by atoms with Gasteiger partial charge in [-0.2, -0.15) is 0 Å². The molecule has 110 valence electrons. The average Bonchev–Trinajstić information content (AvgIpc) is 2.92. The van der Waals surface area contributed by atoms with Gasteiger partial charge in [-0.05, 0) is 31.7 Å². The van der Waals surface area contributed by atoms with Crippen molar-refractivity contribution in [2.75, 3.05) is 0 Å². The van der Waals surface area contributed by atoms with E-state index in [1.54, 1.807) is 0 Å². The Morgan fingerprint density at radius 3 is 2.57 bits per heavy atom. The molecule has 1 aromatic carbocycles. The van der Waals surface area contributed by atoms with E-state index in [1.807, 2.05) is 24.3 Å². The number of furan rings is 1. The monoisotopic (exact) mass is 287 g/mol. The Kier molecular flexibility index (Phi) is 3.64. The van der Waals surface area contributed by atoms with E-state index in [2.05, 4.69) is 5.32 Å². The van der Waals surface area contributed by atoms with Crippen LogP contribution in [-0.2, 0) is 4.79 Å². The maximum Gasteiger partial charge on any atom is 0.306 e. The molecule has 1 amide bonds. The highest BCUT2D eigenvalue weighted by molar-refractivity contribution is 6.05. The smallest absolute Gasteiger partial charge is 0.306 e. The first-order valence-corrected chi connectivity index (χ1v) is 7.15. The first-order valence-electron chi connectivity index (χ1n) is 7.15. The molecule has 21 heavy (non-hydrogen) atoms. The van der Waals surface area contributed by atoms with Crippen LogP contribution in [-0.4, -0.2) is 23.0 Å². The van der Waals surface area contributed by atoms with Crippen molar-refractivity contribution in [3.8, 4) is 0 Å². The van der Waals surface area contributed by atoms with Gasteiger partial charge < -0.3 is 14.8 Å². The minimum Gasteiger partial charge on any atom is -0.481 e. The molecule has 5 nitrogen and oxygen atoms in total. The van der Waals surface area contributed by atoms with Crippen molar-refractivity contribution in [1.29, 1.82) is 0 Å². The molecule has 5 heteroatoms. The lowest BCUT2D eigenvalue weighted by Crippen LogP contribution is -2.38. The van der Waals surface area contributed by atoms with E-state index < -0.39 is 5.97 Å². The molecular weight excluding hydrogens is 270 g/mol. The standard InChI is InChI=1S/C16H17NO4/c18-15(13-9-21-14-4-2-1-3-12(13)14)17-11-7-5-10(6-8-11)16(19)20/h1-4,9-11H,5-8H2,(H,17,18)(H,19,20). The maximum absolute atomic E-state index is 12.3. The van der Waals surface area contributed by atoms with Gasteiger partial charge in [-0.15, -0.1) is 0 Å². The van der Waals surface area contributed by atoms with Crippen molar-refractivity contribution in [2.24, 2.45) is 5.92 Å². The fraction of sp³-hybridized carbons (Fsp3) is 0.375. The lowest BCUT2D eigenvalue weighted by molar-refractivity contribution is -0.142. The molecule has 1 aromatic heterocycles. The number of fused-ring (bicyclic) bond motifs is 1. The van der Waals surface area contributed by atoms with Crippen LogP contribution >= 0.6 is 0 Å². The third kappa shape index (κ3) is 2.77. The predicted molar refractivity (Wildman–Crippen MR) is 77.1 cm³/mol. The van der Waals surface area contributed by atoms with Gasteiger partial charge in [0.2, 0.25) is 0 Å². The molecule has 0 atom stereocenters. The third-order valence-corrected chi connectivity index (χ3v) is 4.14. The van der Waals surface area contributed by atoms with E-state index >= 15 is 0 Å². The number of nitrogens with one attached hydrogen (secondary N) is 1. The van der Waals surface area contributed by atoms with Crippen molar-refractivity contribution in [1.82, 2.24) is 5.32 Å². The van der Waals surface area contributed by atoms with Crippen LogP contribution in [0.1, 0.15) is 36.0 Å². The number of amides is 1. The molecular formula is C16H17NO4. The second-order valence-corrected chi connectivity index (χ2v) is 5.51. The lowest BCUT2D eigenvalue weighted by atomic mass is 9.86. The molecule has 0 unspecified atom stereocenters. The van der Waals surface area contributed by atoms with Crippen LogP contribution in [0.2, 0.25) is 0 Å². The lowest BCUT2D eigenvalue weighted by Gasteiger charge is -2.26. The summed E-state index contributed by atoms with van der Waals surface area (Å²) in [5.41, 5.74) is 1.23. The number of carboxylic acid groups (broad SMARTS) is 1. The second-order valence-electron chi connectivity index (χ2n) is 5.51. The quantitative estimate of drug-likeness (QED) is 0.909. The first kappa shape index (κ1) is 13.7. The Balaban J connectivity index is 1.66. The van der Waals surface area contributed by atoms with E-state index in [0.29, 0.717) is 36.8 Å². The van der Waals surface area contributed by atoms with Crippen LogP contribution < -0.4 is 5.32 Å². The van der Waals surface area contributed by atoms with E-state index in [4.69, 9.17) is 9.52 Å². The van der Waals surface area contributed by atoms with Gasteiger partial charge in [-0.25, -0.2) is 0 Å². The normalized spacial score (nSPS) is 22.1. The summed E-state index contributed by atoms with van der Waals surface area (Å²) in [4.78, 5) is 23.2. The Bertz CT molecular complexity index is 668. The number of hydrogen-bond acceptors (Lipinski definition) is 3. The van der Waals surface area contributed by atoms with Gasteiger partial charge in [0.25, 0.3) is 5.91 Å². The Labute approximate surface area is 121 Å². The van der Waals surface area contributed by atoms with Gasteiger partial charge in [-0.3, -0.25) is 9.59 Å². The first-order chi connectivity index (χ1) is 10.1. The Morgan fingerprint density at radius 1 is 1.14 bits per heavy atom. The van der Waals surface area contributed by atoms with Crippen LogP contribution in [0, 0.1) is 5.92 Å². The Morgan fingerprint density at radius 2 is 1.86 bits per heavy atom. The van der Waals surface area contributed by atoms with Crippen molar-refractivity contribution in [3.05, 3.63) is 36.1 Å². The zero-order valence-corrected chi connectivity index (χ0v) is 11.5. The number of carboxylic acids is 1. The fourth-order valence-corrected chi connectivity index (χ4v) is 2.90. The molecule has 1 heterocycles. The van der Waals surface area contributed by atoms with Gasteiger partial charge in [0.1, 0.15) is 11.8 Å². The van der Waals surface area contributed by atoms with Gasteiger partial charge in [0, 0.05) is 11.4 Å². The van der Waals surface area contributed by atoms with Crippen LogP contribution in [0.3, 0.4) is 0 Å². The Hall–Kier alpha value is -2.30. The topological polar surface area (TPSA) is 79.5 Å². The minimum atomic E-state index is -0.736. The van der Waals surface area contributed by atoms with Crippen LogP contribution in [0.4, 0.5) is 0 Å². The largest absolute Gasteiger partial charge is 0.481 e. The molecule has 0 radical (unpaired) electrons.